The van der Waals surface area contributed by atoms with Gasteiger partial charge >= 0.3 is 23.3 Å². The van der Waals surface area contributed by atoms with Crippen LogP contribution in [-0.2, 0) is 26.3 Å². The number of esters is 1. The summed E-state index contributed by atoms with van der Waals surface area (Å²) in [7, 11) is -7.90. The van der Waals surface area contributed by atoms with Crippen molar-refractivity contribution in [2.45, 2.75) is 103 Å². The van der Waals surface area contributed by atoms with Gasteiger partial charge in [0.2, 0.25) is 0 Å². The molecule has 0 N–H and O–H groups in total. The number of rotatable bonds is 20. The smallest absolute Gasteiger partial charge is 0.465 e. The Morgan fingerprint density at radius 2 is 1.10 bits per heavy atom. The van der Waals surface area contributed by atoms with Crippen molar-refractivity contribution in [3.8, 4) is 0 Å². The molecule has 0 radical (unpaired) electrons. The van der Waals surface area contributed by atoms with E-state index in [-0.39, 0.29) is 17.8 Å². The largest absolute Gasteiger partial charge is 0.471 e. The van der Waals surface area contributed by atoms with Gasteiger partial charge in [0.15, 0.2) is 16.6 Å². The zero-order valence-electron chi connectivity index (χ0n) is 31.1. The van der Waals surface area contributed by atoms with Gasteiger partial charge in [0.05, 0.1) is 12.5 Å². The van der Waals surface area contributed by atoms with Gasteiger partial charge in [0.25, 0.3) is 0 Å². The third-order valence-corrected chi connectivity index (χ3v) is 20.8. The predicted octanol–water partition coefficient (Wildman–Crippen LogP) is 10.3. The number of ether oxygens (including phenoxy) is 1. The Labute approximate surface area is 295 Å². The molecule has 0 bridgehead atoms. The molecule has 264 valence electrons. The molecular formula is C38H60O6Si4. The quantitative estimate of drug-likeness (QED) is 0.0657. The average molecular weight is 725 g/mol. The Kier molecular flexibility index (Phi) is 15.3. The molecule has 3 aromatic rings. The van der Waals surface area contributed by atoms with Crippen LogP contribution in [0.15, 0.2) is 91.0 Å². The lowest BCUT2D eigenvalue weighted by molar-refractivity contribution is -0.148. The van der Waals surface area contributed by atoms with Crippen molar-refractivity contribution in [2.75, 3.05) is 13.7 Å². The summed E-state index contributed by atoms with van der Waals surface area (Å²) in [6.07, 6.45) is 3.23. The molecule has 0 aliphatic heterocycles. The minimum Gasteiger partial charge on any atom is -0.465 e. The van der Waals surface area contributed by atoms with Crippen molar-refractivity contribution in [3.05, 3.63) is 108 Å². The van der Waals surface area contributed by atoms with E-state index in [4.69, 9.17) is 21.5 Å². The van der Waals surface area contributed by atoms with Gasteiger partial charge in [-0.3, -0.25) is 4.79 Å². The second kappa shape index (κ2) is 18.2. The first-order chi connectivity index (χ1) is 22.5. The number of hydrogen-bond donors (Lipinski definition) is 0. The third kappa shape index (κ3) is 14.0. The van der Waals surface area contributed by atoms with Gasteiger partial charge < -0.3 is 21.5 Å². The van der Waals surface area contributed by atoms with Crippen molar-refractivity contribution in [1.29, 1.82) is 0 Å². The van der Waals surface area contributed by atoms with Crippen LogP contribution in [0, 0.1) is 5.92 Å². The van der Waals surface area contributed by atoms with Gasteiger partial charge in [-0.15, -0.1) is 0 Å². The number of carbonyl (C=O) groups excluding carboxylic acids is 1. The summed E-state index contributed by atoms with van der Waals surface area (Å²) in [5.74, 6) is 0.190. The summed E-state index contributed by atoms with van der Waals surface area (Å²) < 4.78 is 32.0. The lowest BCUT2D eigenvalue weighted by atomic mass is 9.78. The second-order valence-electron chi connectivity index (χ2n) is 15.3. The van der Waals surface area contributed by atoms with Crippen LogP contribution in [0.4, 0.5) is 0 Å². The fraction of sp³-hybridized carbons (Fsp3) is 0.500. The third-order valence-electron chi connectivity index (χ3n) is 8.23. The maximum Gasteiger partial charge on any atom is 0.471 e. The van der Waals surface area contributed by atoms with E-state index in [1.54, 1.807) is 7.11 Å². The summed E-state index contributed by atoms with van der Waals surface area (Å²) in [5, 5.41) is 0. The maximum atomic E-state index is 13.3. The van der Waals surface area contributed by atoms with Crippen molar-refractivity contribution >= 4 is 40.0 Å². The lowest BCUT2D eigenvalue weighted by Gasteiger charge is -2.42. The van der Waals surface area contributed by atoms with Crippen LogP contribution in [-0.4, -0.2) is 53.7 Å². The van der Waals surface area contributed by atoms with E-state index in [2.05, 4.69) is 130 Å². The van der Waals surface area contributed by atoms with Gasteiger partial charge in [-0.05, 0) is 101 Å². The predicted molar refractivity (Wildman–Crippen MR) is 207 cm³/mol. The lowest BCUT2D eigenvalue weighted by Crippen LogP contribution is -2.61. The SMILES string of the molecule is CO[Si](C)(C)O[Si](CCCOC(=O)C(C)CCC(CC(c1ccccc1)c1ccccc1)c1ccccc1)(O[Si](C)(C)C)O[Si](C)(C)C. The first-order valence-corrected chi connectivity index (χ1v) is 29.0. The Hall–Kier alpha value is -2.16. The molecule has 3 rings (SSSR count). The normalized spacial score (nSPS) is 14.1. The molecular weight excluding hydrogens is 665 g/mol. The zero-order chi connectivity index (χ0) is 35.4. The van der Waals surface area contributed by atoms with E-state index in [0.29, 0.717) is 25.0 Å². The maximum absolute atomic E-state index is 13.3. The van der Waals surface area contributed by atoms with E-state index in [0.717, 1.165) is 19.3 Å². The molecule has 0 amide bonds. The molecule has 0 aliphatic carbocycles. The molecule has 2 unspecified atom stereocenters. The number of benzene rings is 3. The summed E-state index contributed by atoms with van der Waals surface area (Å²) in [4.78, 5) is 13.3. The molecule has 2 atom stereocenters. The van der Waals surface area contributed by atoms with Crippen molar-refractivity contribution in [2.24, 2.45) is 5.92 Å². The summed E-state index contributed by atoms with van der Waals surface area (Å²) >= 11 is 0. The highest BCUT2D eigenvalue weighted by Gasteiger charge is 2.51. The first-order valence-electron chi connectivity index (χ1n) is 17.5. The number of hydrogen-bond acceptors (Lipinski definition) is 6. The summed E-state index contributed by atoms with van der Waals surface area (Å²) in [5.41, 5.74) is 3.94. The molecule has 6 nitrogen and oxygen atoms in total. The van der Waals surface area contributed by atoms with Crippen LogP contribution < -0.4 is 0 Å². The standard InChI is InChI=1S/C38H60O6Si4/c1-32(38(39)41-29-20-30-48(42-45(3,4)5,43-46(6,7)8)44-47(9,10)40-2)27-28-36(33-21-14-11-15-22-33)31-37(34-23-16-12-17-24-34)35-25-18-13-19-26-35/h11-19,21-26,32,36-37H,20,27-31H2,1-10H3. The molecule has 3 aromatic carbocycles. The van der Waals surface area contributed by atoms with E-state index in [1.165, 1.54) is 16.7 Å². The van der Waals surface area contributed by atoms with Crippen molar-refractivity contribution in [1.82, 2.24) is 0 Å². The van der Waals surface area contributed by atoms with Gasteiger partial charge in [-0.2, -0.15) is 0 Å². The van der Waals surface area contributed by atoms with Gasteiger partial charge in [-0.1, -0.05) is 97.9 Å². The van der Waals surface area contributed by atoms with E-state index in [1.807, 2.05) is 20.0 Å². The topological polar surface area (TPSA) is 63.2 Å². The van der Waals surface area contributed by atoms with Crippen LogP contribution in [0.25, 0.3) is 0 Å². The first kappa shape index (κ1) is 40.3. The van der Waals surface area contributed by atoms with Crippen molar-refractivity contribution in [3.63, 3.8) is 0 Å². The fourth-order valence-corrected chi connectivity index (χ4v) is 20.2. The van der Waals surface area contributed by atoms with Crippen LogP contribution in [0.2, 0.25) is 58.4 Å². The van der Waals surface area contributed by atoms with Crippen molar-refractivity contribution < 1.29 is 26.3 Å². The van der Waals surface area contributed by atoms with E-state index < -0.39 is 34.0 Å². The van der Waals surface area contributed by atoms with Crippen LogP contribution in [0.5, 0.6) is 0 Å². The van der Waals surface area contributed by atoms with Crippen LogP contribution in [0.3, 0.4) is 0 Å². The highest BCUT2D eigenvalue weighted by Crippen LogP contribution is 2.38. The van der Waals surface area contributed by atoms with Gasteiger partial charge in [-0.25, -0.2) is 0 Å². The van der Waals surface area contributed by atoms with Gasteiger partial charge in [0, 0.05) is 19.1 Å². The van der Waals surface area contributed by atoms with Crippen LogP contribution in [0.1, 0.15) is 61.1 Å². The molecule has 0 aromatic heterocycles. The molecule has 0 spiro atoms. The van der Waals surface area contributed by atoms with E-state index >= 15 is 0 Å². The molecule has 48 heavy (non-hydrogen) atoms. The highest BCUT2D eigenvalue weighted by molar-refractivity contribution is 6.89. The molecule has 0 heterocycles. The molecule has 0 aliphatic rings. The Morgan fingerprint density at radius 3 is 1.54 bits per heavy atom. The Balaban J connectivity index is 1.68. The Bertz CT molecular complexity index is 1310. The van der Waals surface area contributed by atoms with Gasteiger partial charge in [0.1, 0.15) is 0 Å². The van der Waals surface area contributed by atoms with Crippen LogP contribution >= 0.6 is 0 Å². The Morgan fingerprint density at radius 1 is 0.646 bits per heavy atom. The van der Waals surface area contributed by atoms with E-state index in [9.17, 15) is 4.79 Å². The summed E-state index contributed by atoms with van der Waals surface area (Å²) in [6.45, 7) is 19.4. The zero-order valence-corrected chi connectivity index (χ0v) is 35.1. The number of carbonyl (C=O) groups is 1. The minimum atomic E-state index is -3.09. The average Bonchev–Trinajstić information content (AvgIpc) is 3.02. The summed E-state index contributed by atoms with van der Waals surface area (Å²) in [6, 6.07) is 32.9. The monoisotopic (exact) mass is 724 g/mol. The minimum absolute atomic E-state index is 0.151. The second-order valence-corrected chi connectivity index (χ2v) is 31.3. The molecule has 10 heteroatoms. The molecule has 0 saturated heterocycles. The highest BCUT2D eigenvalue weighted by atomic mass is 28.5. The fourth-order valence-electron chi connectivity index (χ4n) is 6.00. The molecule has 0 fully saturated rings. The molecule has 0 saturated carbocycles.